The van der Waals surface area contributed by atoms with E-state index in [1.165, 1.54) is 38.0 Å². The average molecular weight is 1320 g/mol. The third-order valence-electron chi connectivity index (χ3n) is 17.5. The first-order valence-electron chi connectivity index (χ1n) is 32.4. The van der Waals surface area contributed by atoms with Crippen molar-refractivity contribution >= 4 is 75.0 Å². The lowest BCUT2D eigenvalue weighted by Crippen LogP contribution is -2.60. The number of benzene rings is 1. The molecule has 1 aromatic rings. The zero-order chi connectivity index (χ0) is 68.7. The maximum Gasteiger partial charge on any atom is 0.410 e. The Kier molecular flexibility index (Phi) is 31.7. The quantitative estimate of drug-likeness (QED) is 0.0508. The summed E-state index contributed by atoms with van der Waals surface area (Å²) in [5, 5.41) is 19.6. The lowest BCUT2D eigenvalue weighted by Gasteiger charge is -2.41. The normalized spacial score (nSPS) is 18.3. The van der Waals surface area contributed by atoms with Crippen LogP contribution in [0.1, 0.15) is 145 Å². The Morgan fingerprint density at radius 1 is 0.696 bits per heavy atom. The lowest BCUT2D eigenvalue weighted by molar-refractivity contribution is -0.148. The minimum absolute atomic E-state index is 0.00968. The van der Waals surface area contributed by atoms with E-state index in [0.717, 1.165) is 0 Å². The van der Waals surface area contributed by atoms with E-state index in [1.807, 2.05) is 27.7 Å². The van der Waals surface area contributed by atoms with Crippen LogP contribution in [-0.2, 0) is 83.5 Å². The molecule has 9 amide bonds. The highest BCUT2D eigenvalue weighted by Gasteiger charge is 2.45. The van der Waals surface area contributed by atoms with Crippen LogP contribution in [0.25, 0.3) is 0 Å². The van der Waals surface area contributed by atoms with E-state index in [9.17, 15) is 56.4 Å². The molecule has 1 aromatic carbocycles. The number of piperidine rings is 1. The van der Waals surface area contributed by atoms with Crippen molar-refractivity contribution in [2.24, 2.45) is 35.5 Å². The van der Waals surface area contributed by atoms with Crippen LogP contribution >= 0.6 is 0 Å². The molecular formula is C64H105N9O18S. The number of hydrogen-bond acceptors (Lipinski definition) is 17. The number of methoxy groups -OCH3 is 2. The number of likely N-dealkylation sites (N-methyl/N-ethyl adjacent to an activating group) is 2. The summed E-state index contributed by atoms with van der Waals surface area (Å²) in [5.74, 6) is -6.88. The Labute approximate surface area is 543 Å². The van der Waals surface area contributed by atoms with Crippen LogP contribution in [0.15, 0.2) is 24.3 Å². The van der Waals surface area contributed by atoms with Crippen LogP contribution in [0.3, 0.4) is 0 Å². The molecular weight excluding hydrogens is 1210 g/mol. The van der Waals surface area contributed by atoms with Crippen molar-refractivity contribution < 1.29 is 85.2 Å². The maximum atomic E-state index is 14.8. The number of aliphatic carboxylic acids is 1. The Morgan fingerprint density at radius 3 is 1.86 bits per heavy atom. The smallest absolute Gasteiger partial charge is 0.410 e. The van der Waals surface area contributed by atoms with Crippen LogP contribution in [0.4, 0.5) is 10.5 Å². The van der Waals surface area contributed by atoms with Gasteiger partial charge in [-0.05, 0) is 93.2 Å². The predicted octanol–water partition coefficient (Wildman–Crippen LogP) is 4.06. The van der Waals surface area contributed by atoms with Crippen molar-refractivity contribution in [2.45, 2.75) is 200 Å². The van der Waals surface area contributed by atoms with E-state index < -0.39 is 135 Å². The van der Waals surface area contributed by atoms with E-state index in [1.54, 1.807) is 75.7 Å². The molecule has 28 heteroatoms. The topological polar surface area (TPSA) is 344 Å². The van der Waals surface area contributed by atoms with Crippen LogP contribution in [-0.4, -0.2) is 221 Å². The molecule has 0 aromatic heterocycles. The highest BCUT2D eigenvalue weighted by Crippen LogP contribution is 2.31. The summed E-state index contributed by atoms with van der Waals surface area (Å²) in [6.45, 7) is 19.6. The monoisotopic (exact) mass is 1320 g/mol. The molecule has 92 heavy (non-hydrogen) atoms. The van der Waals surface area contributed by atoms with Gasteiger partial charge in [0.05, 0.1) is 80.6 Å². The minimum Gasteiger partial charge on any atom is -0.481 e. The number of hydrogen-bond donors (Lipinski definition) is 6. The molecule has 6 N–H and O–H groups in total. The number of rotatable bonds is 38. The molecule has 520 valence electrons. The van der Waals surface area contributed by atoms with Gasteiger partial charge in [-0.25, -0.2) is 13.2 Å². The van der Waals surface area contributed by atoms with E-state index >= 15 is 0 Å². The molecule has 4 rings (SSSR count). The van der Waals surface area contributed by atoms with Crippen LogP contribution < -0.4 is 26.0 Å². The number of anilines is 1. The first-order chi connectivity index (χ1) is 43.4. The van der Waals surface area contributed by atoms with Crippen LogP contribution in [0.2, 0.25) is 0 Å². The molecule has 0 bridgehead atoms. The fourth-order valence-corrected chi connectivity index (χ4v) is 13.1. The fraction of sp³-hybridized carbons (Fsp3) is 0.750. The molecule has 1 saturated carbocycles. The molecule has 3 fully saturated rings. The standard InChI is InChI=1S/C64H105N9O18S/c1-15-41(8)56(50(87-13)36-53(76)73-28-16-17-49(73)57(88-14)42(9)58(77)67-48(35-38(2)3)60(79)69-92(85,86)47-22-23-47)70(11)62(81)54(39(4)5)68-61(80)55(40(6)7)71(12)64(84)91-37-44-18-20-46(21-19-44)66-59(78)43(10)65-51(74)26-31-89-33-34-90-32-27-52(75)72-29-24-45(25-30-72)63(82)83/h18-21,38-43,45,47-50,54-57H,15-17,22-37H2,1-14H3,(H,65,74)(H,66,78)(H,67,77)(H,68,80)(H,69,79)(H,82,83)/t41-,42+,43-,48-,49-,50+,54-,55?,56-,57+/m0/s1. The molecule has 0 radical (unpaired) electrons. The molecule has 2 saturated heterocycles. The number of carbonyl (C=O) groups is 10. The number of ether oxygens (including phenoxy) is 5. The maximum absolute atomic E-state index is 14.8. The number of nitrogens with one attached hydrogen (secondary N) is 5. The summed E-state index contributed by atoms with van der Waals surface area (Å²) in [4.78, 5) is 140. The van der Waals surface area contributed by atoms with Crippen molar-refractivity contribution in [2.75, 3.05) is 79.7 Å². The summed E-state index contributed by atoms with van der Waals surface area (Å²) in [6, 6.07) is 1.15. The number of sulfonamides is 1. The van der Waals surface area contributed by atoms with Gasteiger partial charge in [-0.1, -0.05) is 80.9 Å². The highest BCUT2D eigenvalue weighted by atomic mass is 32.2. The molecule has 2 aliphatic heterocycles. The van der Waals surface area contributed by atoms with Crippen molar-refractivity contribution in [1.29, 1.82) is 0 Å². The Bertz CT molecular complexity index is 2740. The first kappa shape index (κ1) is 78.0. The van der Waals surface area contributed by atoms with Gasteiger partial charge in [-0.2, -0.15) is 0 Å². The molecule has 0 spiro atoms. The minimum atomic E-state index is -3.86. The van der Waals surface area contributed by atoms with Gasteiger partial charge < -0.3 is 64.8 Å². The number of carboxylic acids is 1. The summed E-state index contributed by atoms with van der Waals surface area (Å²) in [6.07, 6.45) is 1.31. The third kappa shape index (κ3) is 23.5. The van der Waals surface area contributed by atoms with E-state index in [-0.39, 0.29) is 82.4 Å². The lowest BCUT2D eigenvalue weighted by atomic mass is 9.89. The summed E-state index contributed by atoms with van der Waals surface area (Å²) in [7, 11) is 2.11. The van der Waals surface area contributed by atoms with E-state index in [0.29, 0.717) is 75.8 Å². The number of amides is 9. The molecule has 10 atom stereocenters. The van der Waals surface area contributed by atoms with Gasteiger partial charge in [-0.15, -0.1) is 0 Å². The van der Waals surface area contributed by atoms with Gasteiger partial charge in [-0.3, -0.25) is 52.8 Å². The predicted molar refractivity (Wildman–Crippen MR) is 341 cm³/mol. The van der Waals surface area contributed by atoms with Crippen molar-refractivity contribution in [3.63, 3.8) is 0 Å². The number of nitrogens with zero attached hydrogens (tertiary/aromatic N) is 4. The Balaban J connectivity index is 1.28. The summed E-state index contributed by atoms with van der Waals surface area (Å²) >= 11 is 0. The van der Waals surface area contributed by atoms with Gasteiger partial charge in [0, 0.05) is 60.1 Å². The van der Waals surface area contributed by atoms with Crippen molar-refractivity contribution in [3.05, 3.63) is 29.8 Å². The zero-order valence-electron chi connectivity index (χ0n) is 56.5. The fourth-order valence-electron chi connectivity index (χ4n) is 11.7. The second kappa shape index (κ2) is 37.4. The van der Waals surface area contributed by atoms with Gasteiger partial charge >= 0.3 is 12.1 Å². The van der Waals surface area contributed by atoms with Crippen molar-refractivity contribution in [1.82, 2.24) is 40.3 Å². The average Bonchev–Trinajstić information content (AvgIpc) is 1.60. The van der Waals surface area contributed by atoms with Crippen molar-refractivity contribution in [3.8, 4) is 0 Å². The van der Waals surface area contributed by atoms with Gasteiger partial charge in [0.15, 0.2) is 0 Å². The van der Waals surface area contributed by atoms with Crippen LogP contribution in [0, 0.1) is 35.5 Å². The number of carbonyl (C=O) groups excluding carboxylic acids is 9. The molecule has 27 nitrogen and oxygen atoms in total. The zero-order valence-corrected chi connectivity index (χ0v) is 57.3. The van der Waals surface area contributed by atoms with Crippen LogP contribution in [0.5, 0.6) is 0 Å². The van der Waals surface area contributed by atoms with E-state index in [4.69, 9.17) is 28.8 Å². The number of likely N-dealkylation sites (tertiary alicyclic amines) is 2. The third-order valence-corrected chi connectivity index (χ3v) is 19.3. The second-order valence-corrected chi connectivity index (χ2v) is 27.7. The SMILES string of the molecule is CC[C@H](C)[C@@H]([C@@H](CC(=O)N1CCC[C@H]1[C@H](OC)[C@@H](C)C(=O)N[C@@H](CC(C)C)C(=O)NS(=O)(=O)C1CC1)OC)N(C)C(=O)[C@@H](NC(=O)C(C(C)C)N(C)C(=O)OCc1ccc(NC(=O)[C@H](C)NC(=O)CCOCCOCCC(=O)N2CCC(C(=O)O)CC2)cc1)C(C)C. The Morgan fingerprint density at radius 2 is 1.32 bits per heavy atom. The van der Waals surface area contributed by atoms with Gasteiger partial charge in [0.1, 0.15) is 30.8 Å². The molecule has 2 heterocycles. The summed E-state index contributed by atoms with van der Waals surface area (Å²) < 4.78 is 56.1. The molecule has 1 unspecified atom stereocenters. The summed E-state index contributed by atoms with van der Waals surface area (Å²) in [5.41, 5.74) is 0.987. The van der Waals surface area contributed by atoms with E-state index in [2.05, 4.69) is 26.0 Å². The first-order valence-corrected chi connectivity index (χ1v) is 33.9. The second-order valence-electron chi connectivity index (χ2n) is 25.8. The van der Waals surface area contributed by atoms with Gasteiger partial charge in [0.25, 0.3) is 5.91 Å². The van der Waals surface area contributed by atoms with Gasteiger partial charge in [0.2, 0.25) is 51.4 Å². The molecule has 1 aliphatic carbocycles. The largest absolute Gasteiger partial charge is 0.481 e. The highest BCUT2D eigenvalue weighted by molar-refractivity contribution is 7.90. The number of carboxylic acid groups (broad SMARTS) is 1. The Hall–Kier alpha value is -6.49. The molecule has 3 aliphatic rings.